The van der Waals surface area contributed by atoms with Crippen molar-refractivity contribution >= 4 is 11.6 Å². The Hall–Kier alpha value is -4.23. The molecule has 0 saturated heterocycles. The Morgan fingerprint density at radius 2 is 1.92 bits per heavy atom. The van der Waals surface area contributed by atoms with Gasteiger partial charge in [0.1, 0.15) is 5.82 Å². The van der Waals surface area contributed by atoms with Gasteiger partial charge in [-0.1, -0.05) is 6.07 Å². The van der Waals surface area contributed by atoms with Gasteiger partial charge >= 0.3 is 6.18 Å². The average molecular weight is 507 g/mol. The van der Waals surface area contributed by atoms with Crippen LogP contribution >= 0.6 is 0 Å². The van der Waals surface area contributed by atoms with Crippen molar-refractivity contribution in [1.29, 1.82) is 0 Å². The first-order valence-corrected chi connectivity index (χ1v) is 10.5. The molecule has 8 nitrogen and oxygen atoms in total. The van der Waals surface area contributed by atoms with Gasteiger partial charge in [-0.2, -0.15) is 18.3 Å². The van der Waals surface area contributed by atoms with Gasteiger partial charge in [0, 0.05) is 23.0 Å². The van der Waals surface area contributed by atoms with Crippen molar-refractivity contribution in [1.82, 2.24) is 30.4 Å². The van der Waals surface area contributed by atoms with Gasteiger partial charge in [0.05, 0.1) is 28.4 Å². The Labute approximate surface area is 198 Å². The standard InChI is InChI=1S/C22H15F6N7O/c23-16-7-12(22(26,27)28)1-3-15(16)21(5-6-21)20(36)30-13-2-4-17(14(8-13)19-31-33-34-32-19)35-10-11(9-29-35)18(24)25/h1-4,7-10,18H,5-6H2,(H,30,36)(H,31,32,33,34). The zero-order valence-corrected chi connectivity index (χ0v) is 18.0. The number of nitrogens with one attached hydrogen (secondary N) is 2. The Balaban J connectivity index is 1.45. The first-order chi connectivity index (χ1) is 17.1. The number of aromatic amines is 1. The lowest BCUT2D eigenvalue weighted by molar-refractivity contribution is -0.137. The number of hydrogen-bond acceptors (Lipinski definition) is 5. The van der Waals surface area contributed by atoms with E-state index in [1.165, 1.54) is 22.9 Å². The fourth-order valence-electron chi connectivity index (χ4n) is 3.93. The predicted molar refractivity (Wildman–Crippen MR) is 113 cm³/mol. The molecule has 0 unspecified atom stereocenters. The fraction of sp³-hybridized carbons (Fsp3) is 0.227. The summed E-state index contributed by atoms with van der Waals surface area (Å²) in [5.41, 5.74) is -2.00. The van der Waals surface area contributed by atoms with E-state index in [9.17, 15) is 31.1 Å². The van der Waals surface area contributed by atoms with Gasteiger partial charge in [-0.15, -0.1) is 5.10 Å². The summed E-state index contributed by atoms with van der Waals surface area (Å²) in [5, 5.41) is 20.0. The molecule has 0 radical (unpaired) electrons. The highest BCUT2D eigenvalue weighted by molar-refractivity contribution is 6.02. The van der Waals surface area contributed by atoms with E-state index in [2.05, 4.69) is 31.0 Å². The number of alkyl halides is 5. The van der Waals surface area contributed by atoms with Gasteiger partial charge in [0.2, 0.25) is 5.91 Å². The van der Waals surface area contributed by atoms with Crippen LogP contribution in [0.1, 0.15) is 36.0 Å². The second kappa shape index (κ2) is 8.46. The lowest BCUT2D eigenvalue weighted by Gasteiger charge is -2.18. The van der Waals surface area contributed by atoms with Crippen molar-refractivity contribution in [2.24, 2.45) is 0 Å². The zero-order chi connectivity index (χ0) is 25.7. The minimum Gasteiger partial charge on any atom is -0.325 e. The van der Waals surface area contributed by atoms with Gasteiger partial charge in [-0.05, 0) is 53.6 Å². The Bertz CT molecular complexity index is 1430. The molecule has 0 spiro atoms. The molecule has 2 heterocycles. The number of amides is 1. The van der Waals surface area contributed by atoms with Crippen molar-refractivity contribution in [2.45, 2.75) is 30.9 Å². The minimum atomic E-state index is -4.71. The molecule has 5 rings (SSSR count). The van der Waals surface area contributed by atoms with Gasteiger partial charge in [-0.3, -0.25) is 4.79 Å². The van der Waals surface area contributed by atoms with Gasteiger partial charge in [-0.25, -0.2) is 23.0 Å². The molecular formula is C22H15F6N7O. The van der Waals surface area contributed by atoms with Gasteiger partial charge in [0.15, 0.2) is 5.82 Å². The number of halogens is 6. The van der Waals surface area contributed by atoms with Crippen LogP contribution in [0.3, 0.4) is 0 Å². The van der Waals surface area contributed by atoms with Crippen molar-refractivity contribution in [3.63, 3.8) is 0 Å². The molecule has 1 fully saturated rings. The number of aromatic nitrogens is 6. The highest BCUT2D eigenvalue weighted by Crippen LogP contribution is 2.50. The largest absolute Gasteiger partial charge is 0.416 e. The number of carbonyl (C=O) groups is 1. The highest BCUT2D eigenvalue weighted by Gasteiger charge is 2.53. The summed E-state index contributed by atoms with van der Waals surface area (Å²) < 4.78 is 80.5. The fourth-order valence-corrected chi connectivity index (χ4v) is 3.93. The van der Waals surface area contributed by atoms with E-state index in [0.717, 1.165) is 24.5 Å². The molecule has 2 aromatic heterocycles. The summed E-state index contributed by atoms with van der Waals surface area (Å²) in [6.45, 7) is 0. The Morgan fingerprint density at radius 3 is 2.50 bits per heavy atom. The molecule has 36 heavy (non-hydrogen) atoms. The van der Waals surface area contributed by atoms with Crippen LogP contribution in [0.2, 0.25) is 0 Å². The molecule has 2 aromatic carbocycles. The van der Waals surface area contributed by atoms with Gasteiger partial charge in [0.25, 0.3) is 6.43 Å². The van der Waals surface area contributed by atoms with Crippen LogP contribution in [0.25, 0.3) is 17.1 Å². The first kappa shape index (κ1) is 23.5. The quantitative estimate of drug-likeness (QED) is 0.365. The lowest BCUT2D eigenvalue weighted by atomic mass is 9.93. The molecule has 1 aliphatic carbocycles. The summed E-state index contributed by atoms with van der Waals surface area (Å²) in [5.74, 6) is -1.56. The normalized spacial score (nSPS) is 14.8. The molecule has 0 aliphatic heterocycles. The maximum atomic E-state index is 14.6. The third kappa shape index (κ3) is 4.18. The molecule has 4 aromatic rings. The van der Waals surface area contributed by atoms with E-state index in [1.54, 1.807) is 0 Å². The third-order valence-corrected chi connectivity index (χ3v) is 5.95. The molecule has 1 amide bonds. The van der Waals surface area contributed by atoms with Crippen molar-refractivity contribution < 1.29 is 31.1 Å². The summed E-state index contributed by atoms with van der Waals surface area (Å²) in [7, 11) is 0. The van der Waals surface area contributed by atoms with Crippen molar-refractivity contribution in [3.8, 4) is 17.1 Å². The van der Waals surface area contributed by atoms with Crippen molar-refractivity contribution in [3.05, 3.63) is 71.3 Å². The summed E-state index contributed by atoms with van der Waals surface area (Å²) in [6, 6.07) is 6.55. The van der Waals surface area contributed by atoms with Gasteiger partial charge < -0.3 is 5.32 Å². The number of hydrogen-bond donors (Lipinski definition) is 2. The van der Waals surface area contributed by atoms with Crippen LogP contribution in [0.15, 0.2) is 48.8 Å². The van der Waals surface area contributed by atoms with Crippen molar-refractivity contribution in [2.75, 3.05) is 5.32 Å². The van der Waals surface area contributed by atoms with E-state index in [0.29, 0.717) is 17.3 Å². The highest BCUT2D eigenvalue weighted by atomic mass is 19.4. The second-order valence-corrected chi connectivity index (χ2v) is 8.23. The van der Waals surface area contributed by atoms with E-state index in [4.69, 9.17) is 0 Å². The number of benzene rings is 2. The monoisotopic (exact) mass is 507 g/mol. The zero-order valence-electron chi connectivity index (χ0n) is 18.0. The molecule has 1 aliphatic rings. The summed E-state index contributed by atoms with van der Waals surface area (Å²) >= 11 is 0. The number of carbonyl (C=O) groups excluding carboxylic acids is 1. The van der Waals surface area contributed by atoms with E-state index in [1.807, 2.05) is 0 Å². The molecule has 186 valence electrons. The SMILES string of the molecule is O=C(Nc1ccc(-n2cc(C(F)F)cn2)c(-c2nnn[nH]2)c1)C1(c2ccc(C(F)(F)F)cc2F)CC1. The number of rotatable bonds is 6. The molecular weight excluding hydrogens is 492 g/mol. The molecule has 1 saturated carbocycles. The Morgan fingerprint density at radius 1 is 1.14 bits per heavy atom. The lowest BCUT2D eigenvalue weighted by Crippen LogP contribution is -2.29. The number of anilines is 1. The van der Waals surface area contributed by atoms with E-state index >= 15 is 0 Å². The average Bonchev–Trinajstić information content (AvgIpc) is 3.21. The van der Waals surface area contributed by atoms with E-state index in [-0.39, 0.29) is 35.5 Å². The third-order valence-electron chi connectivity index (χ3n) is 5.95. The van der Waals surface area contributed by atoms with Crippen LogP contribution in [0.5, 0.6) is 0 Å². The second-order valence-electron chi connectivity index (χ2n) is 8.23. The number of nitrogens with zero attached hydrogens (tertiary/aromatic N) is 5. The predicted octanol–water partition coefficient (Wildman–Crippen LogP) is 4.82. The summed E-state index contributed by atoms with van der Waals surface area (Å²) in [4.78, 5) is 13.1. The first-order valence-electron chi connectivity index (χ1n) is 10.5. The molecule has 0 bridgehead atoms. The molecule has 2 N–H and O–H groups in total. The number of tetrazole rings is 1. The van der Waals surface area contributed by atoms with Crippen LogP contribution in [-0.4, -0.2) is 36.3 Å². The van der Waals surface area contributed by atoms with E-state index < -0.39 is 35.3 Å². The Kier molecular flexibility index (Phi) is 5.53. The minimum absolute atomic E-state index is 0.125. The van der Waals surface area contributed by atoms with Crippen LogP contribution in [0.4, 0.5) is 32.0 Å². The maximum absolute atomic E-state index is 14.6. The molecule has 14 heteroatoms. The number of H-pyrrole nitrogens is 1. The topological polar surface area (TPSA) is 101 Å². The smallest absolute Gasteiger partial charge is 0.325 e. The maximum Gasteiger partial charge on any atom is 0.416 e. The van der Waals surface area contributed by atoms with Crippen LogP contribution < -0.4 is 5.32 Å². The summed E-state index contributed by atoms with van der Waals surface area (Å²) in [6.07, 6.45) is -4.79. The van der Waals surface area contributed by atoms with Crippen LogP contribution in [-0.2, 0) is 16.4 Å². The molecule has 0 atom stereocenters. The van der Waals surface area contributed by atoms with Crippen LogP contribution in [0, 0.1) is 5.82 Å².